The number of aryl methyl sites for hydroxylation is 1. The largest absolute Gasteiger partial charge is 0.346 e. The first-order valence-electron chi connectivity index (χ1n) is 5.20. The number of hydrogen-bond donors (Lipinski definition) is 1. The Hall–Kier alpha value is -2.50. The molecule has 2 aromatic rings. The Morgan fingerprint density at radius 1 is 1.33 bits per heavy atom. The standard InChI is InChI=1S/C12H10FN3O2/c1-8-5-6-9(7-14-8)15-12-10(13)3-2-4-11(12)16(17)18/h2-7,15H,1H3. The van der Waals surface area contributed by atoms with E-state index in [2.05, 4.69) is 10.3 Å². The molecule has 0 atom stereocenters. The highest BCUT2D eigenvalue weighted by Crippen LogP contribution is 2.29. The number of halogens is 1. The highest BCUT2D eigenvalue weighted by Gasteiger charge is 2.17. The second kappa shape index (κ2) is 4.79. The van der Waals surface area contributed by atoms with Gasteiger partial charge in [0, 0.05) is 11.8 Å². The Labute approximate surface area is 102 Å². The zero-order valence-corrected chi connectivity index (χ0v) is 9.55. The molecule has 0 aliphatic carbocycles. The first-order valence-corrected chi connectivity index (χ1v) is 5.20. The Balaban J connectivity index is 2.39. The number of pyridine rings is 1. The van der Waals surface area contributed by atoms with Crippen molar-refractivity contribution in [3.05, 3.63) is 58.2 Å². The fraction of sp³-hybridized carbons (Fsp3) is 0.0833. The van der Waals surface area contributed by atoms with E-state index in [1.54, 1.807) is 12.1 Å². The highest BCUT2D eigenvalue weighted by atomic mass is 19.1. The van der Waals surface area contributed by atoms with E-state index in [0.717, 1.165) is 11.8 Å². The van der Waals surface area contributed by atoms with Crippen molar-refractivity contribution in [2.75, 3.05) is 5.32 Å². The molecule has 0 radical (unpaired) electrons. The maximum atomic E-state index is 13.6. The normalized spacial score (nSPS) is 10.1. The Morgan fingerprint density at radius 3 is 2.72 bits per heavy atom. The Morgan fingerprint density at radius 2 is 2.11 bits per heavy atom. The monoisotopic (exact) mass is 247 g/mol. The van der Waals surface area contributed by atoms with E-state index in [1.165, 1.54) is 18.3 Å². The average molecular weight is 247 g/mol. The lowest BCUT2D eigenvalue weighted by molar-refractivity contribution is -0.384. The molecule has 0 aliphatic rings. The minimum absolute atomic E-state index is 0.159. The molecule has 92 valence electrons. The smallest absolute Gasteiger partial charge is 0.295 e. The number of rotatable bonds is 3. The Bertz CT molecular complexity index is 584. The SMILES string of the molecule is Cc1ccc(Nc2c(F)cccc2[N+](=O)[O-])cn1. The topological polar surface area (TPSA) is 68.1 Å². The lowest BCUT2D eigenvalue weighted by Crippen LogP contribution is -2.00. The van der Waals surface area contributed by atoms with Crippen LogP contribution >= 0.6 is 0 Å². The summed E-state index contributed by atoms with van der Waals surface area (Å²) in [4.78, 5) is 14.2. The third kappa shape index (κ3) is 2.42. The number of hydrogen-bond acceptors (Lipinski definition) is 4. The van der Waals surface area contributed by atoms with Gasteiger partial charge in [-0.2, -0.15) is 0 Å². The number of nitro groups is 1. The molecule has 6 heteroatoms. The second-order valence-electron chi connectivity index (χ2n) is 3.70. The molecule has 0 saturated carbocycles. The van der Waals surface area contributed by atoms with Gasteiger partial charge in [0.15, 0.2) is 11.5 Å². The molecular weight excluding hydrogens is 237 g/mol. The van der Waals surface area contributed by atoms with E-state index in [4.69, 9.17) is 0 Å². The van der Waals surface area contributed by atoms with Crippen LogP contribution < -0.4 is 5.32 Å². The van der Waals surface area contributed by atoms with Crippen LogP contribution in [0, 0.1) is 22.9 Å². The van der Waals surface area contributed by atoms with Gasteiger partial charge < -0.3 is 5.32 Å². The summed E-state index contributed by atoms with van der Waals surface area (Å²) in [5, 5.41) is 13.5. The number of nitrogens with one attached hydrogen (secondary N) is 1. The molecule has 0 unspecified atom stereocenters. The molecule has 2 rings (SSSR count). The molecule has 0 spiro atoms. The molecule has 18 heavy (non-hydrogen) atoms. The van der Waals surface area contributed by atoms with Gasteiger partial charge in [-0.05, 0) is 25.1 Å². The minimum atomic E-state index is -0.676. The predicted molar refractivity (Wildman–Crippen MR) is 65.3 cm³/mol. The van der Waals surface area contributed by atoms with Crippen LogP contribution in [0.3, 0.4) is 0 Å². The molecule has 1 N–H and O–H groups in total. The lowest BCUT2D eigenvalue weighted by atomic mass is 10.2. The molecule has 1 aromatic carbocycles. The zero-order chi connectivity index (χ0) is 13.1. The maximum Gasteiger partial charge on any atom is 0.295 e. The van der Waals surface area contributed by atoms with E-state index in [9.17, 15) is 14.5 Å². The first-order chi connectivity index (χ1) is 8.58. The first kappa shape index (κ1) is 12.0. The summed E-state index contributed by atoms with van der Waals surface area (Å²) in [7, 11) is 0. The summed E-state index contributed by atoms with van der Waals surface area (Å²) in [5.74, 6) is -0.676. The summed E-state index contributed by atoms with van der Waals surface area (Å²) >= 11 is 0. The van der Waals surface area contributed by atoms with Crippen molar-refractivity contribution in [3.8, 4) is 0 Å². The van der Waals surface area contributed by atoms with Crippen LogP contribution in [0.2, 0.25) is 0 Å². The van der Waals surface area contributed by atoms with Gasteiger partial charge >= 0.3 is 0 Å². The number of anilines is 2. The van der Waals surface area contributed by atoms with Gasteiger partial charge in [0.25, 0.3) is 5.69 Å². The van der Waals surface area contributed by atoms with Gasteiger partial charge in [-0.15, -0.1) is 0 Å². The van der Waals surface area contributed by atoms with Crippen LogP contribution in [0.4, 0.5) is 21.5 Å². The van der Waals surface area contributed by atoms with Gasteiger partial charge in [-0.1, -0.05) is 6.07 Å². The second-order valence-corrected chi connectivity index (χ2v) is 3.70. The van der Waals surface area contributed by atoms with Crippen molar-refractivity contribution in [2.24, 2.45) is 0 Å². The van der Waals surface area contributed by atoms with Crippen LogP contribution in [-0.4, -0.2) is 9.91 Å². The van der Waals surface area contributed by atoms with Gasteiger partial charge in [0.05, 0.1) is 16.8 Å². The van der Waals surface area contributed by atoms with Crippen LogP contribution in [0.1, 0.15) is 5.69 Å². The van der Waals surface area contributed by atoms with Crippen LogP contribution in [0.15, 0.2) is 36.5 Å². The van der Waals surface area contributed by atoms with Crippen LogP contribution in [0.5, 0.6) is 0 Å². The highest BCUT2D eigenvalue weighted by molar-refractivity contribution is 5.69. The van der Waals surface area contributed by atoms with Crippen molar-refractivity contribution in [1.29, 1.82) is 0 Å². The Kier molecular flexibility index (Phi) is 3.18. The molecule has 0 bridgehead atoms. The van der Waals surface area contributed by atoms with Gasteiger partial charge in [-0.25, -0.2) is 4.39 Å². The van der Waals surface area contributed by atoms with Gasteiger partial charge in [-0.3, -0.25) is 15.1 Å². The number of nitro benzene ring substituents is 1. The number of nitrogens with zero attached hydrogens (tertiary/aromatic N) is 2. The molecule has 5 nitrogen and oxygen atoms in total. The van der Waals surface area contributed by atoms with E-state index in [1.807, 2.05) is 6.92 Å². The summed E-state index contributed by atoms with van der Waals surface area (Å²) in [6, 6.07) is 7.11. The molecular formula is C12H10FN3O2. The van der Waals surface area contributed by atoms with E-state index in [-0.39, 0.29) is 11.4 Å². The van der Waals surface area contributed by atoms with Crippen molar-refractivity contribution >= 4 is 17.1 Å². The number of aromatic nitrogens is 1. The van der Waals surface area contributed by atoms with E-state index >= 15 is 0 Å². The summed E-state index contributed by atoms with van der Waals surface area (Å²) < 4.78 is 13.6. The number of benzene rings is 1. The summed E-state index contributed by atoms with van der Waals surface area (Å²) in [6.45, 7) is 1.81. The zero-order valence-electron chi connectivity index (χ0n) is 9.55. The molecule has 0 amide bonds. The van der Waals surface area contributed by atoms with Crippen molar-refractivity contribution in [3.63, 3.8) is 0 Å². The van der Waals surface area contributed by atoms with Gasteiger partial charge in [0.1, 0.15) is 0 Å². The van der Waals surface area contributed by atoms with Crippen LogP contribution in [0.25, 0.3) is 0 Å². The quantitative estimate of drug-likeness (QED) is 0.668. The molecule has 0 fully saturated rings. The fourth-order valence-corrected chi connectivity index (χ4v) is 1.47. The maximum absolute atomic E-state index is 13.6. The van der Waals surface area contributed by atoms with Crippen molar-refractivity contribution in [2.45, 2.75) is 6.92 Å². The van der Waals surface area contributed by atoms with Crippen molar-refractivity contribution in [1.82, 2.24) is 4.98 Å². The van der Waals surface area contributed by atoms with E-state index < -0.39 is 10.7 Å². The van der Waals surface area contributed by atoms with Crippen LogP contribution in [-0.2, 0) is 0 Å². The number of para-hydroxylation sites is 1. The third-order valence-corrected chi connectivity index (χ3v) is 2.37. The average Bonchev–Trinajstić information content (AvgIpc) is 2.34. The third-order valence-electron chi connectivity index (χ3n) is 2.37. The molecule has 0 aliphatic heterocycles. The molecule has 0 saturated heterocycles. The van der Waals surface area contributed by atoms with Gasteiger partial charge in [0.2, 0.25) is 0 Å². The summed E-state index contributed by atoms with van der Waals surface area (Å²) in [6.07, 6.45) is 1.49. The summed E-state index contributed by atoms with van der Waals surface area (Å²) in [5.41, 5.74) is 0.834. The predicted octanol–water partition coefficient (Wildman–Crippen LogP) is 3.18. The minimum Gasteiger partial charge on any atom is -0.346 e. The molecule has 1 heterocycles. The molecule has 1 aromatic heterocycles. The lowest BCUT2D eigenvalue weighted by Gasteiger charge is -2.07. The van der Waals surface area contributed by atoms with Crippen molar-refractivity contribution < 1.29 is 9.31 Å². The fourth-order valence-electron chi connectivity index (χ4n) is 1.47. The van der Waals surface area contributed by atoms with E-state index in [0.29, 0.717) is 5.69 Å².